The zero-order chi connectivity index (χ0) is 22.6. The molecule has 0 unspecified atom stereocenters. The molecule has 0 spiro atoms. The molecule has 0 bridgehead atoms. The van der Waals surface area contributed by atoms with E-state index in [0.717, 1.165) is 12.8 Å². The molecule has 2 N–H and O–H groups in total. The van der Waals surface area contributed by atoms with Crippen molar-refractivity contribution in [3.05, 3.63) is 47.5 Å². The highest BCUT2D eigenvalue weighted by atomic mass is 16.5. The topological polar surface area (TPSA) is 95.1 Å². The fourth-order valence-corrected chi connectivity index (χ4v) is 2.65. The van der Waals surface area contributed by atoms with Crippen LogP contribution in [0.1, 0.15) is 54.3 Å². The summed E-state index contributed by atoms with van der Waals surface area (Å²) in [6, 6.07) is 9.68. The second-order valence-electron chi connectivity index (χ2n) is 6.57. The minimum Gasteiger partial charge on any atom is -0.493 e. The highest BCUT2D eigenvalue weighted by Crippen LogP contribution is 2.29. The lowest BCUT2D eigenvalue weighted by Crippen LogP contribution is -2.41. The number of amides is 2. The van der Waals surface area contributed by atoms with Crippen LogP contribution in [0.4, 0.5) is 0 Å². The first-order valence-corrected chi connectivity index (χ1v) is 10.3. The van der Waals surface area contributed by atoms with Crippen molar-refractivity contribution in [2.24, 2.45) is 0 Å². The number of methoxy groups -OCH3 is 1. The number of carbonyl (C=O) groups is 2. The first-order chi connectivity index (χ1) is 15.0. The van der Waals surface area contributed by atoms with Gasteiger partial charge in [-0.15, -0.1) is 0 Å². The van der Waals surface area contributed by atoms with Crippen LogP contribution < -0.4 is 29.8 Å². The molecule has 8 heteroatoms. The fraction of sp³-hybridized carbons (Fsp3) is 0.391. The Morgan fingerprint density at radius 3 is 1.68 bits per heavy atom. The molecule has 0 aliphatic carbocycles. The Bertz CT molecular complexity index is 884. The Hall–Kier alpha value is -3.42. The van der Waals surface area contributed by atoms with E-state index in [1.165, 1.54) is 7.11 Å². The number of carbonyl (C=O) groups excluding carboxylic acids is 2. The quantitative estimate of drug-likeness (QED) is 0.527. The highest BCUT2D eigenvalue weighted by molar-refractivity contribution is 5.99. The third-order valence-electron chi connectivity index (χ3n) is 4.14. The highest BCUT2D eigenvalue weighted by Gasteiger charge is 2.15. The maximum atomic E-state index is 12.5. The lowest BCUT2D eigenvalue weighted by Gasteiger charge is -2.14. The van der Waals surface area contributed by atoms with Gasteiger partial charge in [0.15, 0.2) is 23.0 Å². The molecule has 0 aliphatic rings. The van der Waals surface area contributed by atoms with Crippen molar-refractivity contribution in [2.45, 2.75) is 33.6 Å². The van der Waals surface area contributed by atoms with Gasteiger partial charge in [0, 0.05) is 11.1 Å². The molecular weight excluding hydrogens is 400 g/mol. The molecule has 2 aromatic carbocycles. The van der Waals surface area contributed by atoms with Crippen LogP contribution in [-0.4, -0.2) is 38.7 Å². The Morgan fingerprint density at radius 2 is 1.19 bits per heavy atom. The summed E-state index contributed by atoms with van der Waals surface area (Å²) in [6.45, 7) is 7.39. The van der Waals surface area contributed by atoms with Gasteiger partial charge in [-0.3, -0.25) is 20.4 Å². The minimum atomic E-state index is -0.486. The van der Waals surface area contributed by atoms with Crippen LogP contribution in [0.15, 0.2) is 36.4 Å². The van der Waals surface area contributed by atoms with E-state index in [9.17, 15) is 9.59 Å². The second kappa shape index (κ2) is 12.3. The number of hydrazine groups is 1. The summed E-state index contributed by atoms with van der Waals surface area (Å²) in [5, 5.41) is 0. The van der Waals surface area contributed by atoms with Crippen LogP contribution in [0.3, 0.4) is 0 Å². The van der Waals surface area contributed by atoms with Gasteiger partial charge in [-0.1, -0.05) is 13.8 Å². The van der Waals surface area contributed by atoms with E-state index in [1.54, 1.807) is 36.4 Å². The smallest absolute Gasteiger partial charge is 0.269 e. The summed E-state index contributed by atoms with van der Waals surface area (Å²) < 4.78 is 22.1. The van der Waals surface area contributed by atoms with E-state index in [-0.39, 0.29) is 0 Å². The molecule has 168 valence electrons. The van der Waals surface area contributed by atoms with Gasteiger partial charge in [0.1, 0.15) is 0 Å². The normalized spacial score (nSPS) is 10.2. The minimum absolute atomic E-state index is 0.316. The fourth-order valence-electron chi connectivity index (χ4n) is 2.65. The molecule has 0 aliphatic heterocycles. The molecule has 0 radical (unpaired) electrons. The summed E-state index contributed by atoms with van der Waals surface area (Å²) >= 11 is 0. The van der Waals surface area contributed by atoms with Crippen LogP contribution >= 0.6 is 0 Å². The van der Waals surface area contributed by atoms with Gasteiger partial charge in [-0.2, -0.15) is 0 Å². The third-order valence-corrected chi connectivity index (χ3v) is 4.14. The molecule has 2 aromatic rings. The van der Waals surface area contributed by atoms with E-state index in [1.807, 2.05) is 20.8 Å². The number of hydrogen-bond donors (Lipinski definition) is 2. The van der Waals surface area contributed by atoms with E-state index in [4.69, 9.17) is 18.9 Å². The number of rotatable bonds is 11. The van der Waals surface area contributed by atoms with E-state index < -0.39 is 11.8 Å². The first kappa shape index (κ1) is 23.9. The molecule has 0 atom stereocenters. The molecule has 0 saturated heterocycles. The lowest BCUT2D eigenvalue weighted by atomic mass is 10.2. The molecule has 0 heterocycles. The maximum absolute atomic E-state index is 12.5. The molecule has 0 fully saturated rings. The van der Waals surface area contributed by atoms with E-state index in [0.29, 0.717) is 53.9 Å². The van der Waals surface area contributed by atoms with Gasteiger partial charge in [0.2, 0.25) is 0 Å². The average Bonchev–Trinajstić information content (AvgIpc) is 2.80. The zero-order valence-electron chi connectivity index (χ0n) is 18.4. The third kappa shape index (κ3) is 6.80. The van der Waals surface area contributed by atoms with Crippen molar-refractivity contribution in [2.75, 3.05) is 26.9 Å². The number of nitrogens with one attached hydrogen (secondary N) is 2. The Kier molecular flexibility index (Phi) is 9.48. The van der Waals surface area contributed by atoms with Crippen molar-refractivity contribution in [3.8, 4) is 23.0 Å². The van der Waals surface area contributed by atoms with E-state index >= 15 is 0 Å². The largest absolute Gasteiger partial charge is 0.493 e. The predicted molar refractivity (Wildman–Crippen MR) is 117 cm³/mol. The van der Waals surface area contributed by atoms with Gasteiger partial charge < -0.3 is 18.9 Å². The van der Waals surface area contributed by atoms with Crippen molar-refractivity contribution in [1.82, 2.24) is 10.9 Å². The molecule has 31 heavy (non-hydrogen) atoms. The van der Waals surface area contributed by atoms with Crippen LogP contribution in [0, 0.1) is 0 Å². The van der Waals surface area contributed by atoms with Crippen LogP contribution in [0.2, 0.25) is 0 Å². The van der Waals surface area contributed by atoms with Crippen molar-refractivity contribution in [1.29, 1.82) is 0 Å². The van der Waals surface area contributed by atoms with Gasteiger partial charge in [-0.25, -0.2) is 0 Å². The summed E-state index contributed by atoms with van der Waals surface area (Å²) in [7, 11) is 1.49. The monoisotopic (exact) mass is 430 g/mol. The molecule has 0 saturated carbocycles. The molecule has 2 rings (SSSR count). The predicted octanol–water partition coefficient (Wildman–Crippen LogP) is 3.75. The van der Waals surface area contributed by atoms with Crippen molar-refractivity contribution < 1.29 is 28.5 Å². The van der Waals surface area contributed by atoms with Crippen molar-refractivity contribution in [3.63, 3.8) is 0 Å². The zero-order valence-corrected chi connectivity index (χ0v) is 18.4. The second-order valence-corrected chi connectivity index (χ2v) is 6.57. The lowest BCUT2D eigenvalue weighted by molar-refractivity contribution is 0.0846. The SMILES string of the molecule is CCCOc1ccc(C(=O)NNC(=O)c2ccc(OCC)c(OC)c2)cc1OCCC. The summed E-state index contributed by atoms with van der Waals surface area (Å²) in [5.74, 6) is 1.08. The molecule has 2 amide bonds. The van der Waals surface area contributed by atoms with E-state index in [2.05, 4.69) is 10.9 Å². The number of benzene rings is 2. The van der Waals surface area contributed by atoms with Crippen LogP contribution in [0.5, 0.6) is 23.0 Å². The molecular formula is C23H30N2O6. The average molecular weight is 431 g/mol. The summed E-state index contributed by atoms with van der Waals surface area (Å²) in [6.07, 6.45) is 1.68. The van der Waals surface area contributed by atoms with Gasteiger partial charge in [0.05, 0.1) is 26.9 Å². The first-order valence-electron chi connectivity index (χ1n) is 10.3. The summed E-state index contributed by atoms with van der Waals surface area (Å²) in [5.41, 5.74) is 5.47. The standard InChI is InChI=1S/C23H30N2O6/c1-5-12-30-19-11-9-17(15-21(19)31-13-6-2)23(27)25-24-22(26)16-8-10-18(29-7-3)20(14-16)28-4/h8-11,14-15H,5-7,12-13H2,1-4H3,(H,24,26)(H,25,27). The number of ether oxygens (including phenoxy) is 4. The Morgan fingerprint density at radius 1 is 0.710 bits per heavy atom. The summed E-state index contributed by atoms with van der Waals surface area (Å²) in [4.78, 5) is 25.0. The number of hydrogen-bond acceptors (Lipinski definition) is 6. The van der Waals surface area contributed by atoms with Crippen LogP contribution in [-0.2, 0) is 0 Å². The molecule has 8 nitrogen and oxygen atoms in total. The van der Waals surface area contributed by atoms with Gasteiger partial charge in [0.25, 0.3) is 11.8 Å². The van der Waals surface area contributed by atoms with Gasteiger partial charge >= 0.3 is 0 Å². The Labute approximate surface area is 182 Å². The van der Waals surface area contributed by atoms with Crippen molar-refractivity contribution >= 4 is 11.8 Å². The van der Waals surface area contributed by atoms with Crippen LogP contribution in [0.25, 0.3) is 0 Å². The maximum Gasteiger partial charge on any atom is 0.269 e. The Balaban J connectivity index is 2.06. The van der Waals surface area contributed by atoms with Gasteiger partial charge in [-0.05, 0) is 56.2 Å². The molecule has 0 aromatic heterocycles.